The highest BCUT2D eigenvalue weighted by molar-refractivity contribution is 6.01. The topological polar surface area (TPSA) is 61.8 Å². The summed E-state index contributed by atoms with van der Waals surface area (Å²) in [6.07, 6.45) is -1.06. The van der Waals surface area contributed by atoms with Gasteiger partial charge in [-0.05, 0) is 12.1 Å². The van der Waals surface area contributed by atoms with Gasteiger partial charge in [0, 0.05) is 24.1 Å². The van der Waals surface area contributed by atoms with E-state index >= 15 is 0 Å². The average molecular weight is 314 g/mol. The van der Waals surface area contributed by atoms with Gasteiger partial charge in [0.1, 0.15) is 11.5 Å². The first-order valence-corrected chi connectivity index (χ1v) is 7.04. The molecule has 2 aromatic carbocycles. The Labute approximate surface area is 134 Å². The van der Waals surface area contributed by atoms with Crippen molar-refractivity contribution in [2.45, 2.75) is 13.0 Å². The third-order valence-corrected chi connectivity index (χ3v) is 3.26. The fourth-order valence-electron chi connectivity index (χ4n) is 2.17. The number of hydrogen-bond donors (Lipinski definition) is 0. The quantitative estimate of drug-likeness (QED) is 0.605. The standard InChI is InChI=1S/C18H18O5/c1-12(19)23-18(17(20)13-7-5-4-6-8-13)14-9-15(21-2)11-16(10-14)22-3/h4-11,18H,1-3H3. The lowest BCUT2D eigenvalue weighted by Gasteiger charge is -2.18. The van der Waals surface area contributed by atoms with Gasteiger partial charge in [-0.15, -0.1) is 0 Å². The van der Waals surface area contributed by atoms with Crippen LogP contribution in [0, 0.1) is 0 Å². The fraction of sp³-hybridized carbons (Fsp3) is 0.222. The molecule has 23 heavy (non-hydrogen) atoms. The van der Waals surface area contributed by atoms with E-state index < -0.39 is 12.1 Å². The van der Waals surface area contributed by atoms with Gasteiger partial charge in [-0.25, -0.2) is 0 Å². The molecule has 0 aliphatic rings. The van der Waals surface area contributed by atoms with E-state index in [1.165, 1.54) is 21.1 Å². The third kappa shape index (κ3) is 4.10. The number of rotatable bonds is 6. The molecule has 0 spiro atoms. The van der Waals surface area contributed by atoms with Gasteiger partial charge < -0.3 is 14.2 Å². The van der Waals surface area contributed by atoms with Crippen molar-refractivity contribution >= 4 is 11.8 Å². The highest BCUT2D eigenvalue weighted by Gasteiger charge is 2.26. The smallest absolute Gasteiger partial charge is 0.303 e. The number of carbonyl (C=O) groups is 2. The normalized spacial score (nSPS) is 11.4. The monoisotopic (exact) mass is 314 g/mol. The lowest BCUT2D eigenvalue weighted by Crippen LogP contribution is -2.19. The van der Waals surface area contributed by atoms with E-state index in [1.54, 1.807) is 42.5 Å². The summed E-state index contributed by atoms with van der Waals surface area (Å²) in [5, 5.41) is 0. The Hall–Kier alpha value is -2.82. The van der Waals surface area contributed by atoms with Crippen LogP contribution in [-0.2, 0) is 9.53 Å². The number of esters is 1. The highest BCUT2D eigenvalue weighted by Crippen LogP contribution is 2.30. The number of methoxy groups -OCH3 is 2. The Kier molecular flexibility index (Phi) is 5.36. The molecule has 2 aromatic rings. The number of carbonyl (C=O) groups excluding carboxylic acids is 2. The van der Waals surface area contributed by atoms with Gasteiger partial charge in [0.05, 0.1) is 14.2 Å². The molecule has 1 unspecified atom stereocenters. The van der Waals surface area contributed by atoms with Crippen LogP contribution in [-0.4, -0.2) is 26.0 Å². The largest absolute Gasteiger partial charge is 0.497 e. The lowest BCUT2D eigenvalue weighted by atomic mass is 9.99. The van der Waals surface area contributed by atoms with Gasteiger partial charge >= 0.3 is 5.97 Å². The number of Topliss-reactive ketones (excluding diaryl/α,β-unsaturated/α-hetero) is 1. The van der Waals surface area contributed by atoms with Crippen molar-refractivity contribution in [1.82, 2.24) is 0 Å². The van der Waals surface area contributed by atoms with Crippen LogP contribution in [0.2, 0.25) is 0 Å². The second-order valence-corrected chi connectivity index (χ2v) is 4.87. The van der Waals surface area contributed by atoms with Crippen LogP contribution in [0.1, 0.15) is 28.9 Å². The van der Waals surface area contributed by atoms with Crippen molar-refractivity contribution in [3.8, 4) is 11.5 Å². The van der Waals surface area contributed by atoms with E-state index in [0.29, 0.717) is 22.6 Å². The molecule has 5 heteroatoms. The zero-order valence-electron chi connectivity index (χ0n) is 13.2. The zero-order valence-corrected chi connectivity index (χ0v) is 13.2. The van der Waals surface area contributed by atoms with Crippen molar-refractivity contribution in [1.29, 1.82) is 0 Å². The van der Waals surface area contributed by atoms with Crippen LogP contribution in [0.5, 0.6) is 11.5 Å². The Balaban J connectivity index is 2.46. The zero-order chi connectivity index (χ0) is 16.8. The summed E-state index contributed by atoms with van der Waals surface area (Å²) < 4.78 is 15.7. The predicted octanol–water partition coefficient (Wildman–Crippen LogP) is 3.19. The molecular weight excluding hydrogens is 296 g/mol. The molecule has 0 amide bonds. The van der Waals surface area contributed by atoms with Crippen molar-refractivity contribution in [2.75, 3.05) is 14.2 Å². The molecule has 120 valence electrons. The Bertz CT molecular complexity index is 672. The first-order valence-electron chi connectivity index (χ1n) is 7.04. The van der Waals surface area contributed by atoms with E-state index in [9.17, 15) is 9.59 Å². The highest BCUT2D eigenvalue weighted by atomic mass is 16.5. The van der Waals surface area contributed by atoms with Crippen molar-refractivity contribution < 1.29 is 23.8 Å². The van der Waals surface area contributed by atoms with Crippen LogP contribution in [0.15, 0.2) is 48.5 Å². The summed E-state index contributed by atoms with van der Waals surface area (Å²) in [6, 6.07) is 13.7. The second kappa shape index (κ2) is 7.45. The molecule has 0 aliphatic heterocycles. The van der Waals surface area contributed by atoms with Gasteiger partial charge in [-0.1, -0.05) is 30.3 Å². The summed E-state index contributed by atoms with van der Waals surface area (Å²) in [5.74, 6) is 0.173. The maximum absolute atomic E-state index is 12.7. The van der Waals surface area contributed by atoms with Gasteiger partial charge in [-0.3, -0.25) is 9.59 Å². The molecule has 0 bridgehead atoms. The van der Waals surface area contributed by atoms with Crippen molar-refractivity contribution in [3.63, 3.8) is 0 Å². The van der Waals surface area contributed by atoms with E-state index in [0.717, 1.165) is 0 Å². The maximum Gasteiger partial charge on any atom is 0.303 e. The molecule has 0 saturated heterocycles. The number of ketones is 1. The van der Waals surface area contributed by atoms with Crippen LogP contribution in [0.4, 0.5) is 0 Å². The molecule has 0 N–H and O–H groups in total. The van der Waals surface area contributed by atoms with Gasteiger partial charge in [0.15, 0.2) is 6.10 Å². The van der Waals surface area contributed by atoms with Crippen LogP contribution in [0.3, 0.4) is 0 Å². The Morgan fingerprint density at radius 1 is 0.913 bits per heavy atom. The Morgan fingerprint density at radius 3 is 1.96 bits per heavy atom. The summed E-state index contributed by atoms with van der Waals surface area (Å²) in [4.78, 5) is 24.2. The van der Waals surface area contributed by atoms with Crippen LogP contribution in [0.25, 0.3) is 0 Å². The fourth-order valence-corrected chi connectivity index (χ4v) is 2.17. The van der Waals surface area contributed by atoms with E-state index in [4.69, 9.17) is 14.2 Å². The molecule has 0 radical (unpaired) electrons. The summed E-state index contributed by atoms with van der Waals surface area (Å²) in [6.45, 7) is 1.27. The van der Waals surface area contributed by atoms with E-state index in [1.807, 2.05) is 6.07 Å². The molecule has 5 nitrogen and oxygen atoms in total. The lowest BCUT2D eigenvalue weighted by molar-refractivity contribution is -0.144. The first kappa shape index (κ1) is 16.5. The molecule has 0 heterocycles. The molecule has 2 rings (SSSR count). The molecule has 0 aliphatic carbocycles. The number of ether oxygens (including phenoxy) is 3. The minimum absolute atomic E-state index is 0.309. The molecular formula is C18H18O5. The minimum Gasteiger partial charge on any atom is -0.497 e. The van der Waals surface area contributed by atoms with Crippen molar-refractivity contribution in [2.24, 2.45) is 0 Å². The summed E-state index contributed by atoms with van der Waals surface area (Å²) in [5.41, 5.74) is 0.950. The van der Waals surface area contributed by atoms with Gasteiger partial charge in [0.2, 0.25) is 5.78 Å². The first-order chi connectivity index (χ1) is 11.0. The molecule has 0 saturated carbocycles. The third-order valence-electron chi connectivity index (χ3n) is 3.26. The molecule has 1 atom stereocenters. The van der Waals surface area contributed by atoms with Gasteiger partial charge in [0.25, 0.3) is 0 Å². The number of hydrogen-bond acceptors (Lipinski definition) is 5. The minimum atomic E-state index is -1.06. The van der Waals surface area contributed by atoms with Gasteiger partial charge in [-0.2, -0.15) is 0 Å². The van der Waals surface area contributed by atoms with Crippen LogP contribution >= 0.6 is 0 Å². The molecule has 0 fully saturated rings. The average Bonchev–Trinajstić information content (AvgIpc) is 2.59. The second-order valence-electron chi connectivity index (χ2n) is 4.87. The van der Waals surface area contributed by atoms with Crippen molar-refractivity contribution in [3.05, 3.63) is 59.7 Å². The summed E-state index contributed by atoms with van der Waals surface area (Å²) in [7, 11) is 3.02. The van der Waals surface area contributed by atoms with E-state index in [-0.39, 0.29) is 5.78 Å². The maximum atomic E-state index is 12.7. The van der Waals surface area contributed by atoms with E-state index in [2.05, 4.69) is 0 Å². The predicted molar refractivity (Wildman–Crippen MR) is 84.8 cm³/mol. The van der Waals surface area contributed by atoms with Crippen LogP contribution < -0.4 is 9.47 Å². The SMILES string of the molecule is COc1cc(OC)cc(C(OC(C)=O)C(=O)c2ccccc2)c1. The number of benzene rings is 2. The summed E-state index contributed by atoms with van der Waals surface area (Å²) >= 11 is 0. The Morgan fingerprint density at radius 2 is 1.48 bits per heavy atom. The molecule has 0 aromatic heterocycles.